The molecule has 0 amide bonds. The smallest absolute Gasteiger partial charge is 1.00 e. The molecule has 2 heterocycles. The molecule has 2 aromatic rings. The first kappa shape index (κ1) is 40.6. The summed E-state index contributed by atoms with van der Waals surface area (Å²) >= 11 is -2.76. The number of halogens is 2. The molecule has 2 aliphatic carbocycles. The predicted octanol–water partition coefficient (Wildman–Crippen LogP) is 5.94. The van der Waals surface area contributed by atoms with Gasteiger partial charge in [0, 0.05) is 0 Å². The van der Waals surface area contributed by atoms with Crippen LogP contribution in [0.4, 0.5) is 11.4 Å². The second-order valence-corrected chi connectivity index (χ2v) is 25.5. The van der Waals surface area contributed by atoms with Gasteiger partial charge >= 0.3 is 302 Å². The van der Waals surface area contributed by atoms with Crippen LogP contribution < -0.4 is 34.6 Å². The van der Waals surface area contributed by atoms with E-state index < -0.39 is 21.3 Å². The molecular formula is C45H58Cl2N2Zr. The third-order valence-corrected chi connectivity index (χ3v) is 17.9. The zero-order valence-electron chi connectivity index (χ0n) is 32.9. The summed E-state index contributed by atoms with van der Waals surface area (Å²) < 4.78 is 5.05. The summed E-state index contributed by atoms with van der Waals surface area (Å²) in [6.45, 7) is 33.9. The molecule has 0 N–H and O–H groups in total. The molecule has 2 aromatic carbocycles. The summed E-state index contributed by atoms with van der Waals surface area (Å²) in [4.78, 5) is 5.30. The second kappa shape index (κ2) is 14.0. The van der Waals surface area contributed by atoms with Crippen LogP contribution in [0.25, 0.3) is 0 Å². The average Bonchev–Trinajstić information content (AvgIpc) is 3.71. The number of benzene rings is 2. The van der Waals surface area contributed by atoms with Gasteiger partial charge < -0.3 is 24.8 Å². The molecule has 4 aliphatic rings. The molecule has 2 aliphatic heterocycles. The molecule has 0 saturated carbocycles. The summed E-state index contributed by atoms with van der Waals surface area (Å²) in [6.07, 6.45) is 10.5. The Morgan fingerprint density at radius 1 is 0.520 bits per heavy atom. The Balaban J connectivity index is 0.00000281. The van der Waals surface area contributed by atoms with Gasteiger partial charge in [-0.05, 0) is 0 Å². The normalized spacial score (nSPS) is 20.3. The molecule has 266 valence electrons. The minimum atomic E-state index is -2.76. The molecule has 5 heteroatoms. The van der Waals surface area contributed by atoms with Crippen LogP contribution in [-0.4, -0.2) is 15.3 Å². The Kier molecular flexibility index (Phi) is 11.4. The standard InChI is InChI=1S/2C21H26N.C3H6.2ClH.Zr/c2*1-20(2,3)16-12-15-13-19(21(4,5)6)22(18(15)14-16)17-10-8-7-9-11-17;1-3-2;;;/h2*7-11,13-14,19H,1-6H3;1-2H3;2*1H;/q;;;;;+2/p-2. The number of allylic oxidation sites excluding steroid dienone is 6. The fraction of sp³-hybridized carbons (Fsp3) is 0.444. The van der Waals surface area contributed by atoms with Gasteiger partial charge in [-0.15, -0.1) is 0 Å². The minimum Gasteiger partial charge on any atom is -1.00 e. The van der Waals surface area contributed by atoms with Gasteiger partial charge in [0.1, 0.15) is 0 Å². The summed E-state index contributed by atoms with van der Waals surface area (Å²) in [6, 6.07) is 22.8. The number of fused-ring (bicyclic) bond motifs is 2. The zero-order chi connectivity index (χ0) is 35.1. The first-order valence-electron chi connectivity index (χ1n) is 18.0. The predicted molar refractivity (Wildman–Crippen MR) is 206 cm³/mol. The van der Waals surface area contributed by atoms with Crippen molar-refractivity contribution in [2.75, 3.05) is 9.80 Å². The summed E-state index contributed by atoms with van der Waals surface area (Å²) in [5.41, 5.74) is 11.7. The SMILES string of the molecule is C[C](C)=[Zr+2]([C]1=C(C(C)(C)C)C=C2C1=CC(C(C)(C)C)N2c1ccccc1)[C]1=C(C(C)(C)C)C=C2C1=CC(C(C)(C)C)N2c1ccccc1.[Cl-].[Cl-]. The van der Waals surface area contributed by atoms with E-state index in [4.69, 9.17) is 0 Å². The molecule has 0 fully saturated rings. The number of nitrogens with zero attached hydrogens (tertiary/aromatic N) is 2. The van der Waals surface area contributed by atoms with Gasteiger partial charge in [0.05, 0.1) is 0 Å². The van der Waals surface area contributed by atoms with Crippen molar-refractivity contribution in [3.8, 4) is 0 Å². The van der Waals surface area contributed by atoms with Crippen molar-refractivity contribution in [1.29, 1.82) is 0 Å². The minimum absolute atomic E-state index is 0. The number of hydrogen-bond donors (Lipinski definition) is 0. The number of para-hydroxylation sites is 2. The van der Waals surface area contributed by atoms with Crippen molar-refractivity contribution in [1.82, 2.24) is 0 Å². The van der Waals surface area contributed by atoms with Crippen LogP contribution in [-0.2, 0) is 21.3 Å². The Bertz CT molecular complexity index is 1720. The average molecular weight is 789 g/mol. The van der Waals surface area contributed by atoms with E-state index in [1.807, 2.05) is 0 Å². The molecule has 0 aromatic heterocycles. The molecule has 0 radical (unpaired) electrons. The van der Waals surface area contributed by atoms with Gasteiger partial charge in [-0.3, -0.25) is 0 Å². The van der Waals surface area contributed by atoms with Crippen molar-refractivity contribution in [3.05, 3.63) is 125 Å². The monoisotopic (exact) mass is 786 g/mol. The van der Waals surface area contributed by atoms with Crippen LogP contribution in [0.15, 0.2) is 125 Å². The van der Waals surface area contributed by atoms with E-state index >= 15 is 0 Å². The molecule has 2 atom stereocenters. The fourth-order valence-electron chi connectivity index (χ4n) is 8.02. The number of rotatable bonds is 4. The van der Waals surface area contributed by atoms with Crippen LogP contribution in [0, 0.1) is 21.7 Å². The van der Waals surface area contributed by atoms with Crippen molar-refractivity contribution in [2.45, 2.75) is 109 Å². The summed E-state index contributed by atoms with van der Waals surface area (Å²) in [5.74, 6) is 0. The first-order chi connectivity index (χ1) is 22.2. The molecule has 0 bridgehead atoms. The van der Waals surface area contributed by atoms with Crippen molar-refractivity contribution < 1.29 is 46.1 Å². The van der Waals surface area contributed by atoms with E-state index in [0.717, 1.165) is 0 Å². The van der Waals surface area contributed by atoms with E-state index in [9.17, 15) is 0 Å². The largest absolute Gasteiger partial charge is 1.00 e. The van der Waals surface area contributed by atoms with Crippen LogP contribution in [0.1, 0.15) is 96.9 Å². The molecule has 50 heavy (non-hydrogen) atoms. The molecule has 0 saturated heterocycles. The quantitative estimate of drug-likeness (QED) is 0.379. The molecule has 2 unspecified atom stereocenters. The maximum Gasteiger partial charge on any atom is -1.00 e. The molecule has 6 rings (SSSR count). The van der Waals surface area contributed by atoms with Gasteiger partial charge in [0.15, 0.2) is 0 Å². The number of hydrogen-bond acceptors (Lipinski definition) is 2. The Labute approximate surface area is 324 Å². The van der Waals surface area contributed by atoms with Crippen molar-refractivity contribution in [2.24, 2.45) is 21.7 Å². The fourth-order valence-corrected chi connectivity index (χ4v) is 17.0. The van der Waals surface area contributed by atoms with E-state index in [-0.39, 0.29) is 58.6 Å². The van der Waals surface area contributed by atoms with Crippen LogP contribution in [0.3, 0.4) is 0 Å². The van der Waals surface area contributed by atoms with E-state index in [1.165, 1.54) is 33.9 Å². The van der Waals surface area contributed by atoms with Gasteiger partial charge in [0.2, 0.25) is 0 Å². The third kappa shape index (κ3) is 7.10. The number of anilines is 2. The first-order valence-corrected chi connectivity index (χ1v) is 21.6. The Morgan fingerprint density at radius 3 is 1.10 bits per heavy atom. The van der Waals surface area contributed by atoms with Gasteiger partial charge in [-0.1, -0.05) is 0 Å². The van der Waals surface area contributed by atoms with Crippen molar-refractivity contribution in [3.63, 3.8) is 0 Å². The van der Waals surface area contributed by atoms with Gasteiger partial charge in [-0.25, -0.2) is 0 Å². The van der Waals surface area contributed by atoms with Crippen LogP contribution >= 0.6 is 0 Å². The summed E-state index contributed by atoms with van der Waals surface area (Å²) in [5, 5.41) is 0. The second-order valence-electron chi connectivity index (χ2n) is 18.7. The molecule has 2 nitrogen and oxygen atoms in total. The topological polar surface area (TPSA) is 6.48 Å². The van der Waals surface area contributed by atoms with Crippen LogP contribution in [0.2, 0.25) is 0 Å². The molecule has 0 spiro atoms. The van der Waals surface area contributed by atoms with E-state index in [1.54, 1.807) is 20.9 Å². The zero-order valence-corrected chi connectivity index (χ0v) is 36.9. The maximum absolute atomic E-state index is 2.76. The van der Waals surface area contributed by atoms with E-state index in [2.05, 4.69) is 192 Å². The third-order valence-electron chi connectivity index (χ3n) is 10.4. The van der Waals surface area contributed by atoms with Crippen molar-refractivity contribution >= 4 is 14.6 Å². The molecular weight excluding hydrogens is 731 g/mol. The summed E-state index contributed by atoms with van der Waals surface area (Å²) in [7, 11) is 0. The Hall–Kier alpha value is -2.19. The van der Waals surface area contributed by atoms with Crippen LogP contribution in [0.5, 0.6) is 0 Å². The maximum atomic E-state index is 2.66. The van der Waals surface area contributed by atoms with E-state index in [0.29, 0.717) is 0 Å². The van der Waals surface area contributed by atoms with Gasteiger partial charge in [0.25, 0.3) is 0 Å². The Morgan fingerprint density at radius 2 is 0.840 bits per heavy atom. The van der Waals surface area contributed by atoms with Gasteiger partial charge in [-0.2, -0.15) is 0 Å².